The van der Waals surface area contributed by atoms with Crippen LogP contribution in [0.4, 0.5) is 0 Å². The van der Waals surface area contributed by atoms with Crippen molar-refractivity contribution in [2.75, 3.05) is 6.54 Å². The maximum Gasteiger partial charge on any atom is 0.326 e. The van der Waals surface area contributed by atoms with Crippen LogP contribution in [0.25, 0.3) is 0 Å². The van der Waals surface area contributed by atoms with Gasteiger partial charge in [-0.3, -0.25) is 19.4 Å². The minimum Gasteiger partial charge on any atom is -0.481 e. The molecule has 57 heavy (non-hydrogen) atoms. The molecule has 1 aromatic rings. The third-order valence-corrected chi connectivity index (χ3v) is 16.7. The number of nitrogens with two attached hydrogens (primary N) is 2. The topological polar surface area (TPSA) is 225 Å². The van der Waals surface area contributed by atoms with Gasteiger partial charge in [-0.25, -0.2) is 9.48 Å². The summed E-state index contributed by atoms with van der Waals surface area (Å²) in [6, 6.07) is -1.09. The Kier molecular flexibility index (Phi) is 11.7. The van der Waals surface area contributed by atoms with Gasteiger partial charge < -0.3 is 31.7 Å². The first kappa shape index (κ1) is 42.6. The van der Waals surface area contributed by atoms with Crippen molar-refractivity contribution in [3.63, 3.8) is 0 Å². The fraction of sp³-hybridized carbons (Fsp3) is 0.791. The van der Waals surface area contributed by atoms with Crippen LogP contribution in [0.1, 0.15) is 131 Å². The van der Waals surface area contributed by atoms with Crippen LogP contribution in [0, 0.1) is 56.7 Å². The number of aliphatic imine (C=N–C) groups is 1. The second-order valence-electron chi connectivity index (χ2n) is 19.8. The summed E-state index contributed by atoms with van der Waals surface area (Å²) >= 11 is 0. The van der Waals surface area contributed by atoms with Crippen LogP contribution in [-0.4, -0.2) is 73.7 Å². The second-order valence-corrected chi connectivity index (χ2v) is 19.8. The highest BCUT2D eigenvalue weighted by Crippen LogP contribution is 2.76. The Morgan fingerprint density at radius 1 is 1.00 bits per heavy atom. The molecule has 316 valence electrons. The van der Waals surface area contributed by atoms with Crippen LogP contribution in [0.2, 0.25) is 0 Å². The van der Waals surface area contributed by atoms with Crippen molar-refractivity contribution in [1.82, 2.24) is 20.3 Å². The third-order valence-electron chi connectivity index (χ3n) is 16.7. The minimum atomic E-state index is -1.16. The average Bonchev–Trinajstić information content (AvgIpc) is 3.58. The molecule has 5 aliphatic carbocycles. The molecule has 0 radical (unpaired) electrons. The molecule has 14 nitrogen and oxygen atoms in total. The van der Waals surface area contributed by atoms with Crippen molar-refractivity contribution in [2.24, 2.45) is 73.1 Å². The monoisotopic (exact) mass is 794 g/mol. The smallest absolute Gasteiger partial charge is 0.326 e. The number of allylic oxidation sites excluding steroid dienone is 2. The van der Waals surface area contributed by atoms with Gasteiger partial charge in [0.15, 0.2) is 5.96 Å². The number of ether oxygens (including phenoxy) is 1. The van der Waals surface area contributed by atoms with Crippen LogP contribution >= 0.6 is 0 Å². The number of carboxylic acids is 2. The van der Waals surface area contributed by atoms with Crippen molar-refractivity contribution in [3.8, 4) is 0 Å². The van der Waals surface area contributed by atoms with Crippen molar-refractivity contribution in [1.29, 1.82) is 0 Å². The number of carbonyl (C=O) groups excluding carboxylic acids is 2. The van der Waals surface area contributed by atoms with Crippen LogP contribution < -0.4 is 16.8 Å². The van der Waals surface area contributed by atoms with E-state index in [9.17, 15) is 29.4 Å². The van der Waals surface area contributed by atoms with Crippen LogP contribution in [-0.2, 0) is 36.9 Å². The quantitative estimate of drug-likeness (QED) is 0.0552. The van der Waals surface area contributed by atoms with Gasteiger partial charge in [0, 0.05) is 24.6 Å². The van der Waals surface area contributed by atoms with E-state index in [1.807, 2.05) is 0 Å². The summed E-state index contributed by atoms with van der Waals surface area (Å²) in [5.74, 6) is -0.877. The van der Waals surface area contributed by atoms with E-state index in [1.165, 1.54) is 10.3 Å². The zero-order chi connectivity index (χ0) is 41.7. The summed E-state index contributed by atoms with van der Waals surface area (Å²) in [6.45, 7) is 16.7. The second kappa shape index (κ2) is 15.7. The largest absolute Gasteiger partial charge is 0.481 e. The Hall–Kier alpha value is -3.97. The Balaban J connectivity index is 1.07. The predicted molar refractivity (Wildman–Crippen MR) is 214 cm³/mol. The van der Waals surface area contributed by atoms with Gasteiger partial charge in [0.25, 0.3) is 0 Å². The maximum absolute atomic E-state index is 13.4. The summed E-state index contributed by atoms with van der Waals surface area (Å²) in [7, 11) is 0. The molecule has 0 unspecified atom stereocenters. The fourth-order valence-corrected chi connectivity index (χ4v) is 13.2. The van der Waals surface area contributed by atoms with Gasteiger partial charge in [-0.2, -0.15) is 0 Å². The highest BCUT2D eigenvalue weighted by atomic mass is 16.5. The van der Waals surface area contributed by atoms with Crippen molar-refractivity contribution in [3.05, 3.63) is 23.5 Å². The Bertz CT molecular complexity index is 1790. The third kappa shape index (κ3) is 7.47. The zero-order valence-corrected chi connectivity index (χ0v) is 35.2. The molecule has 0 bridgehead atoms. The number of aliphatic carboxylic acids is 2. The normalized spacial score (nSPS) is 37.1. The molecule has 0 aromatic carbocycles. The SMILES string of the molecule is C[C@H]1[C@H](C)CC[C@]2(C(=O)O)CC[C@]3(C)C(=CC[C@@H]4[C@@]5(C)CC[C@H](OC(=O)CCc6cn(CC(=O)N[C@@H](CCCN=C(N)N)C(=O)O)nn6)C(C)(C)[C@@H]5CC[C@]43C)[C@H]12. The molecule has 0 saturated heterocycles. The molecule has 0 spiro atoms. The summed E-state index contributed by atoms with van der Waals surface area (Å²) < 4.78 is 7.62. The van der Waals surface area contributed by atoms with Crippen LogP contribution in [0.3, 0.4) is 0 Å². The van der Waals surface area contributed by atoms with E-state index in [1.54, 1.807) is 6.20 Å². The molecule has 7 N–H and O–H groups in total. The van der Waals surface area contributed by atoms with E-state index in [-0.39, 0.29) is 71.5 Å². The summed E-state index contributed by atoms with van der Waals surface area (Å²) in [6.07, 6.45) is 13.2. The number of aryl methyl sites for hydroxylation is 1. The lowest BCUT2D eigenvalue weighted by atomic mass is 9.33. The molecule has 1 aromatic heterocycles. The number of hydrogen-bond donors (Lipinski definition) is 5. The Morgan fingerprint density at radius 2 is 1.74 bits per heavy atom. The molecule has 11 atom stereocenters. The van der Waals surface area contributed by atoms with Gasteiger partial charge in [0.05, 0.1) is 17.5 Å². The first-order chi connectivity index (χ1) is 26.7. The molecule has 14 heteroatoms. The highest BCUT2D eigenvalue weighted by Gasteiger charge is 2.69. The molecule has 4 saturated carbocycles. The standard InChI is InChI=1S/C43H67N7O7/c1-25-14-19-43(37(55)56)21-20-41(6)28(35(43)26(25)2)11-12-31-40(5)17-16-32(39(3,4)30(40)15-18-42(31,41)7)57-34(52)13-10-27-23-50(49-48-27)24-33(51)47-29(36(53)54)9-8-22-46-38(44)45/h11,23,25-26,29-32,35H,8-10,12-22,24H2,1-7H3,(H,47,51)(H,53,54)(H,55,56)(H4,44,45,46)/t25-,26+,29+,30+,31-,32+,35+,40+,41-,42-,43+/m1/s1. The number of amides is 1. The summed E-state index contributed by atoms with van der Waals surface area (Å²) in [4.78, 5) is 54.5. The van der Waals surface area contributed by atoms with Gasteiger partial charge in [-0.05, 0) is 116 Å². The number of carbonyl (C=O) groups is 4. The highest BCUT2D eigenvalue weighted by molar-refractivity contribution is 5.83. The maximum atomic E-state index is 13.4. The lowest BCUT2D eigenvalue weighted by Gasteiger charge is -2.71. The van der Waals surface area contributed by atoms with E-state index in [2.05, 4.69) is 75.2 Å². The minimum absolute atomic E-state index is 0.0467. The zero-order valence-electron chi connectivity index (χ0n) is 35.2. The van der Waals surface area contributed by atoms with E-state index < -0.39 is 29.3 Å². The summed E-state index contributed by atoms with van der Waals surface area (Å²) in [5, 5.41) is 30.9. The van der Waals surface area contributed by atoms with Gasteiger partial charge in [0.1, 0.15) is 18.7 Å². The van der Waals surface area contributed by atoms with Gasteiger partial charge >= 0.3 is 17.9 Å². The number of fused-ring (bicyclic) bond motifs is 7. The van der Waals surface area contributed by atoms with Crippen LogP contribution in [0.15, 0.2) is 22.8 Å². The van der Waals surface area contributed by atoms with E-state index >= 15 is 0 Å². The van der Waals surface area contributed by atoms with E-state index in [4.69, 9.17) is 16.2 Å². The fourth-order valence-electron chi connectivity index (χ4n) is 13.2. The van der Waals surface area contributed by atoms with Crippen LogP contribution in [0.5, 0.6) is 0 Å². The van der Waals surface area contributed by atoms with Crippen molar-refractivity contribution in [2.45, 2.75) is 151 Å². The lowest BCUT2D eigenvalue weighted by molar-refractivity contribution is -0.214. The molecule has 1 heterocycles. The molecule has 4 fully saturated rings. The van der Waals surface area contributed by atoms with Crippen molar-refractivity contribution >= 4 is 29.8 Å². The number of aromatic nitrogens is 3. The predicted octanol–water partition coefficient (Wildman–Crippen LogP) is 5.49. The first-order valence-corrected chi connectivity index (χ1v) is 21.3. The Labute approximate surface area is 337 Å². The molecule has 0 aliphatic heterocycles. The Morgan fingerprint density at radius 3 is 2.42 bits per heavy atom. The number of esters is 1. The van der Waals surface area contributed by atoms with Gasteiger partial charge in [0.2, 0.25) is 5.91 Å². The number of carboxylic acid groups (broad SMARTS) is 2. The number of guanidine groups is 1. The molecule has 5 aliphatic rings. The molecule has 6 rings (SSSR count). The van der Waals surface area contributed by atoms with Crippen molar-refractivity contribution < 1.29 is 34.1 Å². The average molecular weight is 794 g/mol. The molecular formula is C43H67N7O7. The van der Waals surface area contributed by atoms with Gasteiger partial charge in [-0.1, -0.05) is 65.3 Å². The van der Waals surface area contributed by atoms with E-state index in [0.29, 0.717) is 42.2 Å². The van der Waals surface area contributed by atoms with E-state index in [0.717, 1.165) is 57.8 Å². The number of nitrogens with zero attached hydrogens (tertiary/aromatic N) is 4. The number of hydrogen-bond acceptors (Lipinski definition) is 8. The lowest BCUT2D eigenvalue weighted by Crippen LogP contribution is -2.65. The number of nitrogens with one attached hydrogen (secondary N) is 1. The van der Waals surface area contributed by atoms with Gasteiger partial charge in [-0.15, -0.1) is 5.10 Å². The summed E-state index contributed by atoms with van der Waals surface area (Å²) in [5.41, 5.74) is 11.8. The number of rotatable bonds is 13. The first-order valence-electron chi connectivity index (χ1n) is 21.3. The molecule has 1 amide bonds. The molecular weight excluding hydrogens is 727 g/mol.